The maximum atomic E-state index is 11.5. The van der Waals surface area contributed by atoms with E-state index < -0.39 is 10.9 Å². The number of carbonyl (C=O) groups excluding carboxylic acids is 1. The van der Waals surface area contributed by atoms with Crippen LogP contribution < -0.4 is 4.74 Å². The minimum absolute atomic E-state index is 0.0692. The van der Waals surface area contributed by atoms with Crippen molar-refractivity contribution in [2.45, 2.75) is 26.3 Å². The van der Waals surface area contributed by atoms with Crippen LogP contribution in [0.5, 0.6) is 5.88 Å². The number of pyridine rings is 1. The van der Waals surface area contributed by atoms with Gasteiger partial charge in [0.15, 0.2) is 5.69 Å². The molecule has 0 fully saturated rings. The molecule has 19 heavy (non-hydrogen) atoms. The molecule has 0 unspecified atom stereocenters. The number of hydrogen-bond acceptors (Lipinski definition) is 6. The van der Waals surface area contributed by atoms with E-state index in [1.165, 1.54) is 13.2 Å². The third-order valence-corrected chi connectivity index (χ3v) is 2.19. The van der Waals surface area contributed by atoms with Crippen LogP contribution in [0, 0.1) is 10.1 Å². The van der Waals surface area contributed by atoms with Gasteiger partial charge in [-0.05, 0) is 19.4 Å². The molecular weight excluding hydrogens is 251 g/mol. The SMILES string of the molecule is [B]Cc1cc([N+](=O)[O-])c(OC(C)C)nc1C(=O)OC. The first kappa shape index (κ1) is 14.9. The van der Waals surface area contributed by atoms with Gasteiger partial charge in [-0.1, -0.05) is 6.32 Å². The number of nitro groups is 1. The number of carbonyl (C=O) groups is 1. The molecule has 1 aromatic rings. The maximum absolute atomic E-state index is 11.5. The summed E-state index contributed by atoms with van der Waals surface area (Å²) in [6, 6.07) is 1.18. The van der Waals surface area contributed by atoms with Gasteiger partial charge in [0.25, 0.3) is 5.88 Å². The molecule has 0 saturated heterocycles. The molecule has 8 heteroatoms. The van der Waals surface area contributed by atoms with Gasteiger partial charge < -0.3 is 9.47 Å². The molecule has 0 aliphatic carbocycles. The van der Waals surface area contributed by atoms with Crippen LogP contribution in [0.3, 0.4) is 0 Å². The second-order valence-electron chi connectivity index (χ2n) is 3.94. The van der Waals surface area contributed by atoms with Crippen LogP contribution in [0.1, 0.15) is 29.9 Å². The smallest absolute Gasteiger partial charge is 0.357 e. The van der Waals surface area contributed by atoms with E-state index in [-0.39, 0.29) is 35.2 Å². The Balaban J connectivity index is 3.42. The summed E-state index contributed by atoms with van der Waals surface area (Å²) in [7, 11) is 6.64. The maximum Gasteiger partial charge on any atom is 0.357 e. The third-order valence-electron chi connectivity index (χ3n) is 2.19. The molecule has 1 rings (SSSR count). The van der Waals surface area contributed by atoms with Gasteiger partial charge in [0.1, 0.15) is 0 Å². The highest BCUT2D eigenvalue weighted by atomic mass is 16.6. The van der Waals surface area contributed by atoms with Gasteiger partial charge in [-0.3, -0.25) is 10.1 Å². The number of ether oxygens (including phenoxy) is 2. The number of nitrogens with zero attached hydrogens (tertiary/aromatic N) is 2. The van der Waals surface area contributed by atoms with Crippen molar-refractivity contribution in [1.29, 1.82) is 0 Å². The predicted octanol–water partition coefficient (Wildman–Crippen LogP) is 1.23. The lowest BCUT2D eigenvalue weighted by Crippen LogP contribution is -2.14. The van der Waals surface area contributed by atoms with Crippen molar-refractivity contribution in [1.82, 2.24) is 4.98 Å². The van der Waals surface area contributed by atoms with Gasteiger partial charge in [-0.2, -0.15) is 4.98 Å². The summed E-state index contributed by atoms with van der Waals surface area (Å²) in [4.78, 5) is 25.7. The van der Waals surface area contributed by atoms with Crippen molar-refractivity contribution < 1.29 is 19.2 Å². The Bertz CT molecular complexity index is 504. The van der Waals surface area contributed by atoms with Crippen LogP contribution in [-0.2, 0) is 11.1 Å². The van der Waals surface area contributed by atoms with Crippen molar-refractivity contribution in [2.75, 3.05) is 7.11 Å². The Labute approximate surface area is 111 Å². The number of rotatable bonds is 5. The van der Waals surface area contributed by atoms with Gasteiger partial charge in [0.2, 0.25) is 0 Å². The molecule has 0 bridgehead atoms. The lowest BCUT2D eigenvalue weighted by molar-refractivity contribution is -0.386. The standard InChI is InChI=1S/C11H13BN2O5/c1-6(2)19-10-8(14(16)17)4-7(5-12)9(13-10)11(15)18-3/h4,6H,5H2,1-3H3. The molecular formula is C11H13BN2O5. The lowest BCUT2D eigenvalue weighted by atomic mass is 9.95. The molecule has 0 saturated carbocycles. The average Bonchev–Trinajstić information content (AvgIpc) is 2.36. The number of aromatic nitrogens is 1. The molecule has 1 heterocycles. The van der Waals surface area contributed by atoms with Crippen molar-refractivity contribution in [3.63, 3.8) is 0 Å². The second kappa shape index (κ2) is 6.17. The summed E-state index contributed by atoms with van der Waals surface area (Å²) in [6.07, 6.45) is -0.388. The predicted molar refractivity (Wildman–Crippen MR) is 67.5 cm³/mol. The van der Waals surface area contributed by atoms with Crippen molar-refractivity contribution >= 4 is 19.5 Å². The van der Waals surface area contributed by atoms with Crippen molar-refractivity contribution in [3.05, 3.63) is 27.4 Å². The molecule has 0 atom stereocenters. The van der Waals surface area contributed by atoms with Crippen LogP contribution >= 0.6 is 0 Å². The molecule has 0 aliphatic heterocycles. The Morgan fingerprint density at radius 2 is 2.21 bits per heavy atom. The largest absolute Gasteiger partial charge is 0.470 e. The van der Waals surface area contributed by atoms with E-state index in [1.807, 2.05) is 0 Å². The van der Waals surface area contributed by atoms with Gasteiger partial charge in [0, 0.05) is 6.07 Å². The average molecular weight is 264 g/mol. The van der Waals surface area contributed by atoms with Crippen molar-refractivity contribution in [3.8, 4) is 5.88 Å². The summed E-state index contributed by atoms with van der Waals surface area (Å²) >= 11 is 0. The zero-order valence-electron chi connectivity index (χ0n) is 10.9. The van der Waals surface area contributed by atoms with Gasteiger partial charge in [-0.15, -0.1) is 0 Å². The molecule has 100 valence electrons. The fourth-order valence-corrected chi connectivity index (χ4v) is 1.40. The van der Waals surface area contributed by atoms with E-state index in [0.29, 0.717) is 0 Å². The van der Waals surface area contributed by atoms with Crippen molar-refractivity contribution in [2.24, 2.45) is 0 Å². The second-order valence-corrected chi connectivity index (χ2v) is 3.94. The zero-order chi connectivity index (χ0) is 14.6. The number of hydrogen-bond donors (Lipinski definition) is 0. The first-order chi connectivity index (χ1) is 8.90. The number of esters is 1. The fourth-order valence-electron chi connectivity index (χ4n) is 1.40. The summed E-state index contributed by atoms with van der Waals surface area (Å²) in [5, 5.41) is 11.0. The monoisotopic (exact) mass is 264 g/mol. The van der Waals surface area contributed by atoms with E-state index >= 15 is 0 Å². The van der Waals surface area contributed by atoms with E-state index in [4.69, 9.17) is 12.6 Å². The van der Waals surface area contributed by atoms with E-state index in [1.54, 1.807) is 13.8 Å². The highest BCUT2D eigenvalue weighted by Crippen LogP contribution is 2.28. The lowest BCUT2D eigenvalue weighted by Gasteiger charge is -2.12. The first-order valence-electron chi connectivity index (χ1n) is 5.54. The van der Waals surface area contributed by atoms with Crippen LogP contribution in [-0.4, -0.2) is 36.9 Å². The molecule has 0 amide bonds. The molecule has 0 aliphatic rings. The molecule has 0 N–H and O–H groups in total. The summed E-state index contributed by atoms with van der Waals surface area (Å²) in [5.74, 6) is -0.943. The quantitative estimate of drug-likeness (QED) is 0.344. The van der Waals surface area contributed by atoms with Gasteiger partial charge in [0.05, 0.1) is 26.0 Å². The minimum Gasteiger partial charge on any atom is -0.470 e. The Morgan fingerprint density at radius 3 is 2.63 bits per heavy atom. The van der Waals surface area contributed by atoms with Crippen LogP contribution in [0.4, 0.5) is 5.69 Å². The number of methoxy groups -OCH3 is 1. The molecule has 1 aromatic heterocycles. The fraction of sp³-hybridized carbons (Fsp3) is 0.455. The Morgan fingerprint density at radius 1 is 1.58 bits per heavy atom. The van der Waals surface area contributed by atoms with Gasteiger partial charge in [-0.25, -0.2) is 4.79 Å². The highest BCUT2D eigenvalue weighted by molar-refractivity contribution is 6.09. The molecule has 0 spiro atoms. The molecule has 2 radical (unpaired) electrons. The highest BCUT2D eigenvalue weighted by Gasteiger charge is 2.24. The van der Waals surface area contributed by atoms with E-state index in [0.717, 1.165) is 0 Å². The van der Waals surface area contributed by atoms with E-state index in [2.05, 4.69) is 9.72 Å². The molecule has 7 nitrogen and oxygen atoms in total. The topological polar surface area (TPSA) is 91.6 Å². The zero-order valence-corrected chi connectivity index (χ0v) is 10.9. The molecule has 0 aromatic carbocycles. The van der Waals surface area contributed by atoms with Crippen LogP contribution in [0.15, 0.2) is 6.07 Å². The summed E-state index contributed by atoms with van der Waals surface area (Å²) in [6.45, 7) is 3.39. The minimum atomic E-state index is -0.719. The normalized spacial score (nSPS) is 10.3. The van der Waals surface area contributed by atoms with E-state index in [9.17, 15) is 14.9 Å². The Kier molecular flexibility index (Phi) is 4.85. The van der Waals surface area contributed by atoms with Crippen LogP contribution in [0.25, 0.3) is 0 Å². The third kappa shape index (κ3) is 3.43. The van der Waals surface area contributed by atoms with Gasteiger partial charge >= 0.3 is 11.7 Å². The first-order valence-corrected chi connectivity index (χ1v) is 5.54. The Hall–Kier alpha value is -2.12. The summed E-state index contributed by atoms with van der Waals surface area (Å²) in [5.41, 5.74) is -0.178. The summed E-state index contributed by atoms with van der Waals surface area (Å²) < 4.78 is 9.80. The van der Waals surface area contributed by atoms with Crippen LogP contribution in [0.2, 0.25) is 0 Å².